The van der Waals surface area contributed by atoms with Crippen LogP contribution in [-0.2, 0) is 10.0 Å². The largest absolute Gasteiger partial charge is 0.397 e. The van der Waals surface area contributed by atoms with Crippen molar-refractivity contribution in [1.29, 1.82) is 0 Å². The van der Waals surface area contributed by atoms with E-state index in [-0.39, 0.29) is 0 Å². The molecule has 0 amide bonds. The molecule has 0 saturated carbocycles. The second-order valence-corrected chi connectivity index (χ2v) is 5.97. The van der Waals surface area contributed by atoms with Crippen molar-refractivity contribution < 1.29 is 8.42 Å². The highest BCUT2D eigenvalue weighted by Gasteiger charge is 2.06. The molecular formula is C10H16ClN3O2S. The molecule has 96 valence electrons. The molecule has 0 bridgehead atoms. The number of rotatable bonds is 5. The molecule has 4 N–H and O–H groups in total. The van der Waals surface area contributed by atoms with Gasteiger partial charge in [0.15, 0.2) is 0 Å². The van der Waals surface area contributed by atoms with Crippen LogP contribution in [0, 0.1) is 6.92 Å². The molecule has 1 aromatic carbocycles. The monoisotopic (exact) mass is 277 g/mol. The molecule has 1 aromatic rings. The molecule has 17 heavy (non-hydrogen) atoms. The molecule has 0 radical (unpaired) electrons. The van der Waals surface area contributed by atoms with E-state index in [4.69, 9.17) is 17.3 Å². The summed E-state index contributed by atoms with van der Waals surface area (Å²) in [6, 6.07) is 3.44. The van der Waals surface area contributed by atoms with Gasteiger partial charge in [-0.05, 0) is 24.6 Å². The Hall–Kier alpha value is -0.980. The Morgan fingerprint density at radius 3 is 2.59 bits per heavy atom. The molecule has 0 aromatic heterocycles. The van der Waals surface area contributed by atoms with E-state index < -0.39 is 10.0 Å². The summed E-state index contributed by atoms with van der Waals surface area (Å²) in [6.45, 7) is 2.59. The number of benzene rings is 1. The van der Waals surface area contributed by atoms with E-state index in [1.807, 2.05) is 6.92 Å². The van der Waals surface area contributed by atoms with Gasteiger partial charge >= 0.3 is 0 Å². The van der Waals surface area contributed by atoms with E-state index in [1.54, 1.807) is 12.1 Å². The van der Waals surface area contributed by atoms with Crippen molar-refractivity contribution in [2.45, 2.75) is 6.92 Å². The summed E-state index contributed by atoms with van der Waals surface area (Å²) in [5.74, 6) is 0. The molecule has 0 heterocycles. The van der Waals surface area contributed by atoms with E-state index in [2.05, 4.69) is 10.0 Å². The smallest absolute Gasteiger partial charge is 0.208 e. The van der Waals surface area contributed by atoms with Crippen LogP contribution in [0.4, 0.5) is 11.4 Å². The van der Waals surface area contributed by atoms with Crippen LogP contribution in [0.25, 0.3) is 0 Å². The molecular weight excluding hydrogens is 262 g/mol. The van der Waals surface area contributed by atoms with Gasteiger partial charge in [0.25, 0.3) is 0 Å². The normalized spacial score (nSPS) is 11.5. The third-order valence-electron chi connectivity index (χ3n) is 2.22. The van der Waals surface area contributed by atoms with E-state index in [0.717, 1.165) is 17.5 Å². The van der Waals surface area contributed by atoms with Crippen molar-refractivity contribution in [3.63, 3.8) is 0 Å². The second-order valence-electron chi connectivity index (χ2n) is 3.73. The highest BCUT2D eigenvalue weighted by molar-refractivity contribution is 7.88. The molecule has 0 aliphatic rings. The van der Waals surface area contributed by atoms with E-state index in [9.17, 15) is 8.42 Å². The van der Waals surface area contributed by atoms with Gasteiger partial charge in [-0.25, -0.2) is 13.1 Å². The maximum Gasteiger partial charge on any atom is 0.208 e. The highest BCUT2D eigenvalue weighted by Crippen LogP contribution is 2.28. The number of hydrogen-bond acceptors (Lipinski definition) is 4. The Bertz CT molecular complexity index is 503. The number of nitrogens with one attached hydrogen (secondary N) is 2. The number of hydrogen-bond donors (Lipinski definition) is 3. The van der Waals surface area contributed by atoms with Crippen LogP contribution in [0.1, 0.15) is 5.56 Å². The predicted molar refractivity (Wildman–Crippen MR) is 71.9 cm³/mol. The van der Waals surface area contributed by atoms with Crippen LogP contribution < -0.4 is 15.8 Å². The molecule has 0 spiro atoms. The summed E-state index contributed by atoms with van der Waals surface area (Å²) in [4.78, 5) is 0. The summed E-state index contributed by atoms with van der Waals surface area (Å²) in [5, 5.41) is 3.68. The van der Waals surface area contributed by atoms with Crippen molar-refractivity contribution in [3.05, 3.63) is 22.7 Å². The fraction of sp³-hybridized carbons (Fsp3) is 0.400. The summed E-state index contributed by atoms with van der Waals surface area (Å²) < 4.78 is 24.1. The first-order chi connectivity index (χ1) is 7.81. The Kier molecular flexibility index (Phi) is 4.62. The van der Waals surface area contributed by atoms with Crippen molar-refractivity contribution in [2.24, 2.45) is 0 Å². The number of nitrogens with two attached hydrogens (primary N) is 1. The van der Waals surface area contributed by atoms with Crippen LogP contribution in [0.5, 0.6) is 0 Å². The molecule has 0 fully saturated rings. The zero-order valence-electron chi connectivity index (χ0n) is 9.75. The standard InChI is InChI=1S/C10H16ClN3O2S/c1-7-8(11)3-4-9(12)10(7)13-5-6-14-17(2,15)16/h3-4,13-14H,5-6,12H2,1-2H3. The average molecular weight is 278 g/mol. The van der Waals surface area contributed by atoms with Crippen molar-refractivity contribution in [3.8, 4) is 0 Å². The van der Waals surface area contributed by atoms with Gasteiger partial charge in [-0.1, -0.05) is 11.6 Å². The first kappa shape index (κ1) is 14.1. The number of sulfonamides is 1. The maximum absolute atomic E-state index is 10.8. The zero-order chi connectivity index (χ0) is 13.1. The molecule has 0 atom stereocenters. The van der Waals surface area contributed by atoms with Gasteiger partial charge < -0.3 is 11.1 Å². The quantitative estimate of drug-likeness (QED) is 0.558. The van der Waals surface area contributed by atoms with Gasteiger partial charge in [0.1, 0.15) is 0 Å². The van der Waals surface area contributed by atoms with Gasteiger partial charge in [-0.2, -0.15) is 0 Å². The molecule has 5 nitrogen and oxygen atoms in total. The van der Waals surface area contributed by atoms with Crippen molar-refractivity contribution in [1.82, 2.24) is 4.72 Å². The lowest BCUT2D eigenvalue weighted by Gasteiger charge is -2.13. The van der Waals surface area contributed by atoms with Crippen molar-refractivity contribution >= 4 is 33.0 Å². The summed E-state index contributed by atoms with van der Waals surface area (Å²) in [6.07, 6.45) is 1.12. The van der Waals surface area contributed by atoms with E-state index in [1.165, 1.54) is 0 Å². The lowest BCUT2D eigenvalue weighted by atomic mass is 10.1. The van der Waals surface area contributed by atoms with Gasteiger partial charge in [0.05, 0.1) is 17.6 Å². The second kappa shape index (κ2) is 5.57. The van der Waals surface area contributed by atoms with E-state index in [0.29, 0.717) is 23.8 Å². The third kappa shape index (κ3) is 4.41. The molecule has 0 aliphatic carbocycles. The molecule has 0 saturated heterocycles. The number of halogens is 1. The Balaban J connectivity index is 2.61. The molecule has 7 heteroatoms. The van der Waals surface area contributed by atoms with Crippen LogP contribution >= 0.6 is 11.6 Å². The number of nitrogen functional groups attached to an aromatic ring is 1. The first-order valence-electron chi connectivity index (χ1n) is 5.04. The first-order valence-corrected chi connectivity index (χ1v) is 7.31. The Morgan fingerprint density at radius 2 is 2.00 bits per heavy atom. The predicted octanol–water partition coefficient (Wildman–Crippen LogP) is 1.19. The van der Waals surface area contributed by atoms with Crippen LogP contribution in [0.2, 0.25) is 5.02 Å². The highest BCUT2D eigenvalue weighted by atomic mass is 35.5. The fourth-order valence-corrected chi connectivity index (χ4v) is 2.00. The molecule has 0 aliphatic heterocycles. The minimum absolute atomic E-state index is 0.296. The SMILES string of the molecule is Cc1c(Cl)ccc(N)c1NCCNS(C)(=O)=O. The van der Waals surface area contributed by atoms with Crippen LogP contribution in [0.15, 0.2) is 12.1 Å². The summed E-state index contributed by atoms with van der Waals surface area (Å²) in [7, 11) is -3.15. The Morgan fingerprint density at radius 1 is 1.35 bits per heavy atom. The minimum atomic E-state index is -3.15. The lowest BCUT2D eigenvalue weighted by molar-refractivity contribution is 0.589. The van der Waals surface area contributed by atoms with Crippen molar-refractivity contribution in [2.75, 3.05) is 30.4 Å². The lowest BCUT2D eigenvalue weighted by Crippen LogP contribution is -2.27. The molecule has 1 rings (SSSR count). The summed E-state index contributed by atoms with van der Waals surface area (Å²) in [5.41, 5.74) is 7.98. The zero-order valence-corrected chi connectivity index (χ0v) is 11.3. The van der Waals surface area contributed by atoms with Crippen LogP contribution in [-0.4, -0.2) is 27.8 Å². The summed E-state index contributed by atoms with van der Waals surface area (Å²) >= 11 is 5.96. The van der Waals surface area contributed by atoms with Gasteiger partial charge in [0, 0.05) is 18.1 Å². The minimum Gasteiger partial charge on any atom is -0.397 e. The Labute approximate surface area is 106 Å². The maximum atomic E-state index is 10.8. The van der Waals surface area contributed by atoms with Gasteiger partial charge in [0.2, 0.25) is 10.0 Å². The topological polar surface area (TPSA) is 84.2 Å². The van der Waals surface area contributed by atoms with Gasteiger partial charge in [-0.3, -0.25) is 0 Å². The number of anilines is 2. The third-order valence-corrected chi connectivity index (χ3v) is 3.36. The van der Waals surface area contributed by atoms with Gasteiger partial charge in [-0.15, -0.1) is 0 Å². The average Bonchev–Trinajstić information content (AvgIpc) is 2.21. The molecule has 0 unspecified atom stereocenters. The van der Waals surface area contributed by atoms with E-state index >= 15 is 0 Å². The fourth-order valence-electron chi connectivity index (χ4n) is 1.37. The van der Waals surface area contributed by atoms with Crippen LogP contribution in [0.3, 0.4) is 0 Å².